The van der Waals surface area contributed by atoms with Crippen LogP contribution >= 0.6 is 23.2 Å². The summed E-state index contributed by atoms with van der Waals surface area (Å²) < 4.78 is 1.82. The van der Waals surface area contributed by atoms with Crippen molar-refractivity contribution in [3.8, 4) is 5.69 Å². The molecule has 0 aliphatic carbocycles. The number of hydrogen-bond donors (Lipinski definition) is 0. The Kier molecular flexibility index (Phi) is 4.51. The van der Waals surface area contributed by atoms with E-state index in [1.807, 2.05) is 41.9 Å². The number of halogens is 2. The maximum Gasteiger partial charge on any atom is 0.155 e. The van der Waals surface area contributed by atoms with Crippen LogP contribution < -0.4 is 0 Å². The lowest BCUT2D eigenvalue weighted by Gasteiger charge is -2.05. The van der Waals surface area contributed by atoms with E-state index in [2.05, 4.69) is 29.1 Å². The van der Waals surface area contributed by atoms with Crippen LogP contribution in [-0.4, -0.2) is 16.0 Å². The van der Waals surface area contributed by atoms with Crippen LogP contribution in [0.4, 0.5) is 5.82 Å². The van der Waals surface area contributed by atoms with Gasteiger partial charge in [0.2, 0.25) is 0 Å². The van der Waals surface area contributed by atoms with Gasteiger partial charge in [0.1, 0.15) is 0 Å². The van der Waals surface area contributed by atoms with Gasteiger partial charge in [-0.1, -0.05) is 47.5 Å². The summed E-state index contributed by atoms with van der Waals surface area (Å²) in [5.74, 6) is 0.740. The van der Waals surface area contributed by atoms with Crippen LogP contribution in [0.5, 0.6) is 0 Å². The molecule has 0 N–H and O–H groups in total. The van der Waals surface area contributed by atoms with Crippen molar-refractivity contribution in [3.63, 3.8) is 0 Å². The average molecular weight is 344 g/mol. The molecule has 0 atom stereocenters. The van der Waals surface area contributed by atoms with E-state index in [1.54, 1.807) is 12.3 Å². The molecule has 5 heteroatoms. The molecule has 0 saturated heterocycles. The molecule has 0 spiro atoms. The minimum atomic E-state index is 0.497. The molecule has 0 aliphatic heterocycles. The number of aryl methyl sites for hydroxylation is 2. The Morgan fingerprint density at radius 2 is 1.83 bits per heavy atom. The summed E-state index contributed by atoms with van der Waals surface area (Å²) in [7, 11) is 0. The zero-order valence-corrected chi connectivity index (χ0v) is 14.3. The second-order valence-electron chi connectivity index (χ2n) is 5.30. The molecule has 1 aromatic heterocycles. The second-order valence-corrected chi connectivity index (χ2v) is 6.08. The van der Waals surface area contributed by atoms with Crippen molar-refractivity contribution >= 4 is 35.2 Å². The first-order chi connectivity index (χ1) is 11.0. The summed E-state index contributed by atoms with van der Waals surface area (Å²) in [6.45, 7) is 3.99. The van der Waals surface area contributed by atoms with Gasteiger partial charge in [-0.2, -0.15) is 5.10 Å². The van der Waals surface area contributed by atoms with Crippen LogP contribution in [0.3, 0.4) is 0 Å². The van der Waals surface area contributed by atoms with Gasteiger partial charge in [-0.15, -0.1) is 0 Å². The van der Waals surface area contributed by atoms with Crippen molar-refractivity contribution in [1.29, 1.82) is 0 Å². The van der Waals surface area contributed by atoms with Gasteiger partial charge in [0.25, 0.3) is 0 Å². The third-order valence-electron chi connectivity index (χ3n) is 3.38. The second kappa shape index (κ2) is 6.57. The highest BCUT2D eigenvalue weighted by Crippen LogP contribution is 2.25. The van der Waals surface area contributed by atoms with Crippen molar-refractivity contribution < 1.29 is 0 Å². The lowest BCUT2D eigenvalue weighted by molar-refractivity contribution is 0.862. The molecule has 0 radical (unpaired) electrons. The number of benzene rings is 2. The molecule has 1 heterocycles. The Balaban J connectivity index is 2.01. The molecule has 0 fully saturated rings. The monoisotopic (exact) mass is 343 g/mol. The van der Waals surface area contributed by atoms with E-state index in [1.165, 1.54) is 5.56 Å². The topological polar surface area (TPSA) is 30.2 Å². The Morgan fingerprint density at radius 3 is 2.61 bits per heavy atom. The summed E-state index contributed by atoms with van der Waals surface area (Å²) in [6, 6.07) is 15.5. The van der Waals surface area contributed by atoms with Crippen molar-refractivity contribution in [3.05, 3.63) is 75.4 Å². The standard InChI is InChI=1S/C18H15Cl2N3/c1-12-5-3-7-15(9-12)23-17(10-13(2)22-23)21-11-14-6-4-8-16(19)18(14)20/h3-11H,1-2H3. The molecule has 3 aromatic rings. The highest BCUT2D eigenvalue weighted by Gasteiger charge is 2.07. The Labute approximate surface area is 145 Å². The average Bonchev–Trinajstić information content (AvgIpc) is 2.90. The molecule has 116 valence electrons. The number of aliphatic imine (C=N–C) groups is 1. The van der Waals surface area contributed by atoms with E-state index < -0.39 is 0 Å². The highest BCUT2D eigenvalue weighted by molar-refractivity contribution is 6.43. The fraction of sp³-hybridized carbons (Fsp3) is 0.111. The number of hydrogen-bond acceptors (Lipinski definition) is 2. The van der Waals surface area contributed by atoms with Gasteiger partial charge in [-0.3, -0.25) is 0 Å². The Morgan fingerprint density at radius 1 is 1.04 bits per heavy atom. The van der Waals surface area contributed by atoms with E-state index in [9.17, 15) is 0 Å². The first-order valence-corrected chi connectivity index (χ1v) is 7.92. The lowest BCUT2D eigenvalue weighted by Crippen LogP contribution is -1.97. The van der Waals surface area contributed by atoms with Gasteiger partial charge in [-0.05, 0) is 37.6 Å². The molecule has 0 unspecified atom stereocenters. The van der Waals surface area contributed by atoms with Crippen molar-refractivity contribution in [2.24, 2.45) is 4.99 Å². The third-order valence-corrected chi connectivity index (χ3v) is 4.21. The summed E-state index contributed by atoms with van der Waals surface area (Å²) in [6.07, 6.45) is 1.71. The smallest absolute Gasteiger partial charge is 0.155 e. The first-order valence-electron chi connectivity index (χ1n) is 7.16. The maximum atomic E-state index is 6.20. The third kappa shape index (κ3) is 3.46. The SMILES string of the molecule is Cc1cccc(-n2nc(C)cc2N=Cc2cccc(Cl)c2Cl)c1. The molecular weight excluding hydrogens is 329 g/mol. The van der Waals surface area contributed by atoms with Crippen LogP contribution in [0.25, 0.3) is 5.69 Å². The summed E-state index contributed by atoms with van der Waals surface area (Å²) in [5.41, 5.74) is 3.82. The van der Waals surface area contributed by atoms with Crippen molar-refractivity contribution in [1.82, 2.24) is 9.78 Å². The van der Waals surface area contributed by atoms with Crippen LogP contribution in [-0.2, 0) is 0 Å². The van der Waals surface area contributed by atoms with Crippen LogP contribution in [0.2, 0.25) is 10.0 Å². The van der Waals surface area contributed by atoms with E-state index >= 15 is 0 Å². The molecular formula is C18H15Cl2N3. The normalized spacial score (nSPS) is 11.3. The molecule has 0 aliphatic rings. The summed E-state index contributed by atoms with van der Waals surface area (Å²) in [4.78, 5) is 4.54. The molecule has 3 nitrogen and oxygen atoms in total. The minimum Gasteiger partial charge on any atom is -0.236 e. The van der Waals surface area contributed by atoms with E-state index in [0.29, 0.717) is 10.0 Å². The van der Waals surface area contributed by atoms with Gasteiger partial charge in [0.15, 0.2) is 5.82 Å². The zero-order chi connectivity index (χ0) is 16.4. The van der Waals surface area contributed by atoms with Gasteiger partial charge in [-0.25, -0.2) is 9.67 Å². The number of rotatable bonds is 3. The van der Waals surface area contributed by atoms with E-state index in [4.69, 9.17) is 23.2 Å². The Hall–Kier alpha value is -2.10. The van der Waals surface area contributed by atoms with Crippen molar-refractivity contribution in [2.45, 2.75) is 13.8 Å². The Bertz CT molecular complexity index is 882. The molecule has 0 amide bonds. The number of aromatic nitrogens is 2. The fourth-order valence-corrected chi connectivity index (χ4v) is 2.64. The molecule has 3 rings (SSSR count). The predicted molar refractivity (Wildman–Crippen MR) is 96.8 cm³/mol. The minimum absolute atomic E-state index is 0.497. The molecule has 2 aromatic carbocycles. The van der Waals surface area contributed by atoms with Gasteiger partial charge < -0.3 is 0 Å². The van der Waals surface area contributed by atoms with Gasteiger partial charge >= 0.3 is 0 Å². The first kappa shape index (κ1) is 15.8. The zero-order valence-electron chi connectivity index (χ0n) is 12.8. The summed E-state index contributed by atoms with van der Waals surface area (Å²) >= 11 is 12.2. The molecule has 0 bridgehead atoms. The van der Waals surface area contributed by atoms with E-state index in [-0.39, 0.29) is 0 Å². The lowest BCUT2D eigenvalue weighted by atomic mass is 10.2. The molecule has 0 saturated carbocycles. The number of nitrogens with zero attached hydrogens (tertiary/aromatic N) is 3. The van der Waals surface area contributed by atoms with Gasteiger partial charge in [0, 0.05) is 17.8 Å². The maximum absolute atomic E-state index is 6.20. The highest BCUT2D eigenvalue weighted by atomic mass is 35.5. The van der Waals surface area contributed by atoms with Gasteiger partial charge in [0.05, 0.1) is 21.4 Å². The van der Waals surface area contributed by atoms with Crippen LogP contribution in [0.1, 0.15) is 16.8 Å². The van der Waals surface area contributed by atoms with Crippen LogP contribution in [0.15, 0.2) is 53.5 Å². The molecule has 23 heavy (non-hydrogen) atoms. The largest absolute Gasteiger partial charge is 0.236 e. The fourth-order valence-electron chi connectivity index (χ4n) is 2.28. The van der Waals surface area contributed by atoms with E-state index in [0.717, 1.165) is 22.8 Å². The predicted octanol–water partition coefficient (Wildman–Crippen LogP) is 5.55. The summed E-state index contributed by atoms with van der Waals surface area (Å²) in [5, 5.41) is 5.53. The quantitative estimate of drug-likeness (QED) is 0.573. The van der Waals surface area contributed by atoms with Crippen LogP contribution in [0, 0.1) is 13.8 Å². The van der Waals surface area contributed by atoms with Crippen molar-refractivity contribution in [2.75, 3.05) is 0 Å².